The Balaban J connectivity index is 2.22. The first-order valence-corrected chi connectivity index (χ1v) is 8.16. The van der Waals surface area contributed by atoms with Crippen LogP contribution in [0, 0.1) is 17.6 Å². The Kier molecular flexibility index (Phi) is 4.46. The van der Waals surface area contributed by atoms with Crippen molar-refractivity contribution in [1.82, 2.24) is 0 Å². The first-order valence-electron chi connectivity index (χ1n) is 8.16. The van der Waals surface area contributed by atoms with E-state index in [0.717, 1.165) is 19.2 Å². The maximum Gasteiger partial charge on any atom is 0.264 e. The minimum Gasteiger partial charge on any atom is -0.368 e. The van der Waals surface area contributed by atoms with E-state index in [-0.39, 0.29) is 19.3 Å². The van der Waals surface area contributed by atoms with Crippen LogP contribution in [0.4, 0.5) is 23.2 Å². The van der Waals surface area contributed by atoms with Crippen LogP contribution in [0.25, 0.3) is 0 Å². The Morgan fingerprint density at radius 2 is 2.00 bits per heavy atom. The van der Waals surface area contributed by atoms with Crippen molar-refractivity contribution in [1.29, 1.82) is 0 Å². The van der Waals surface area contributed by atoms with Crippen LogP contribution in [-0.4, -0.2) is 31.4 Å². The van der Waals surface area contributed by atoms with Gasteiger partial charge in [-0.15, -0.1) is 0 Å². The summed E-state index contributed by atoms with van der Waals surface area (Å²) in [4.78, 5) is 25.1. The molecule has 9 heteroatoms. The van der Waals surface area contributed by atoms with Crippen LogP contribution in [0.15, 0.2) is 12.1 Å². The average molecular weight is 374 g/mol. The van der Waals surface area contributed by atoms with Gasteiger partial charge in [-0.25, -0.2) is 17.6 Å². The molecule has 0 spiro atoms. The number of nitrogens with two attached hydrogens (primary N) is 1. The van der Waals surface area contributed by atoms with Crippen molar-refractivity contribution in [3.05, 3.63) is 29.3 Å². The summed E-state index contributed by atoms with van der Waals surface area (Å²) in [6.07, 6.45) is -0.763. The molecule has 1 fully saturated rings. The van der Waals surface area contributed by atoms with Crippen LogP contribution in [0.5, 0.6) is 0 Å². The summed E-state index contributed by atoms with van der Waals surface area (Å²) in [5.74, 6) is -7.95. The molecule has 0 bridgehead atoms. The highest BCUT2D eigenvalue weighted by molar-refractivity contribution is 6.10. The smallest absolute Gasteiger partial charge is 0.264 e. The monoisotopic (exact) mass is 374 g/mol. The molecule has 2 amide bonds. The maximum atomic E-state index is 14.7. The normalized spacial score (nSPS) is 27.5. The van der Waals surface area contributed by atoms with Crippen molar-refractivity contribution < 1.29 is 31.9 Å². The number of carbonyl (C=O) groups excluding carboxylic acids is 2. The van der Waals surface area contributed by atoms with Crippen molar-refractivity contribution in [3.8, 4) is 0 Å². The quantitative estimate of drug-likeness (QED) is 0.823. The van der Waals surface area contributed by atoms with Crippen LogP contribution in [0.3, 0.4) is 0 Å². The molecule has 1 aromatic rings. The number of anilines is 1. The molecule has 5 nitrogen and oxygen atoms in total. The van der Waals surface area contributed by atoms with Crippen molar-refractivity contribution >= 4 is 17.5 Å². The Morgan fingerprint density at radius 3 is 2.58 bits per heavy atom. The van der Waals surface area contributed by atoms with Gasteiger partial charge in [-0.05, 0) is 25.0 Å². The number of rotatable bonds is 4. The summed E-state index contributed by atoms with van der Waals surface area (Å²) in [5.41, 5.74) is 2.07. The number of amides is 2. The fraction of sp³-hybridized carbons (Fsp3) is 0.529. The number of methoxy groups -OCH3 is 1. The van der Waals surface area contributed by atoms with Gasteiger partial charge in [-0.1, -0.05) is 0 Å². The lowest BCUT2D eigenvalue weighted by molar-refractivity contribution is -0.160. The van der Waals surface area contributed by atoms with Gasteiger partial charge in [0.15, 0.2) is 5.60 Å². The zero-order chi connectivity index (χ0) is 19.3. The van der Waals surface area contributed by atoms with E-state index in [4.69, 9.17) is 10.5 Å². The molecule has 0 saturated heterocycles. The molecule has 2 aliphatic rings. The van der Waals surface area contributed by atoms with Crippen molar-refractivity contribution in [3.63, 3.8) is 0 Å². The molecular formula is C17H18F4N2O3. The number of hydrogen-bond acceptors (Lipinski definition) is 3. The molecule has 2 atom stereocenters. The number of benzene rings is 1. The van der Waals surface area contributed by atoms with E-state index in [2.05, 4.69) is 0 Å². The van der Waals surface area contributed by atoms with Crippen LogP contribution in [0.1, 0.15) is 31.2 Å². The third kappa shape index (κ3) is 2.65. The first-order chi connectivity index (χ1) is 12.1. The summed E-state index contributed by atoms with van der Waals surface area (Å²) in [7, 11) is 1.09. The fourth-order valence-corrected chi connectivity index (χ4v) is 4.13. The van der Waals surface area contributed by atoms with Gasteiger partial charge in [0.2, 0.25) is 11.8 Å². The van der Waals surface area contributed by atoms with Crippen molar-refractivity contribution in [2.45, 2.75) is 37.2 Å². The molecule has 2 N–H and O–H groups in total. The van der Waals surface area contributed by atoms with Gasteiger partial charge in [-0.3, -0.25) is 14.5 Å². The Morgan fingerprint density at radius 1 is 1.35 bits per heavy atom. The predicted molar refractivity (Wildman–Crippen MR) is 83.5 cm³/mol. The highest BCUT2D eigenvalue weighted by Crippen LogP contribution is 2.54. The number of nitrogens with zero attached hydrogens (tertiary/aromatic N) is 1. The zero-order valence-electron chi connectivity index (χ0n) is 14.0. The van der Waals surface area contributed by atoms with E-state index < -0.39 is 65.1 Å². The Labute approximate surface area is 147 Å². The van der Waals surface area contributed by atoms with E-state index in [1.807, 2.05) is 0 Å². The first kappa shape index (κ1) is 18.6. The van der Waals surface area contributed by atoms with E-state index in [1.165, 1.54) is 0 Å². The fourth-order valence-electron chi connectivity index (χ4n) is 4.13. The number of hydrogen-bond donors (Lipinski definition) is 1. The largest absolute Gasteiger partial charge is 0.368 e. The summed E-state index contributed by atoms with van der Waals surface area (Å²) < 4.78 is 62.4. The number of fused-ring (bicyclic) bond motifs is 1. The molecule has 0 aromatic heterocycles. The minimum atomic E-state index is -3.05. The molecule has 142 valence electrons. The number of halogens is 4. The van der Waals surface area contributed by atoms with Gasteiger partial charge >= 0.3 is 0 Å². The van der Waals surface area contributed by atoms with Crippen LogP contribution in [-0.2, 0) is 19.9 Å². The lowest BCUT2D eigenvalue weighted by Gasteiger charge is -2.40. The highest BCUT2D eigenvalue weighted by atomic mass is 19.3. The standard InChI is InChI=1S/C17H18F4N2O3/c1-26-17(9-3-2-6-16(20,21)7-9)13-10(18)4-5-11(19)14(13)23(15(17)25)8-12(22)24/h4-5,9H,2-3,6-8H2,1H3,(H2,22,24)/t9-,17-/m0/s1. The molecule has 0 radical (unpaired) electrons. The molecule has 1 aromatic carbocycles. The predicted octanol–water partition coefficient (Wildman–Crippen LogP) is 2.46. The number of ether oxygens (including phenoxy) is 1. The van der Waals surface area contributed by atoms with E-state index in [0.29, 0.717) is 4.90 Å². The molecule has 26 heavy (non-hydrogen) atoms. The molecule has 1 aliphatic heterocycles. The van der Waals surface area contributed by atoms with Gasteiger partial charge < -0.3 is 10.5 Å². The number of carbonyl (C=O) groups is 2. The Bertz CT molecular complexity index is 771. The van der Waals surface area contributed by atoms with Gasteiger partial charge in [0.1, 0.15) is 18.2 Å². The van der Waals surface area contributed by atoms with Gasteiger partial charge in [0.25, 0.3) is 5.91 Å². The lowest BCUT2D eigenvalue weighted by Crippen LogP contribution is -2.51. The SMILES string of the molecule is CO[C@]1([C@H]2CCCC(F)(F)C2)C(=O)N(CC(N)=O)c2c(F)ccc(F)c21. The summed E-state index contributed by atoms with van der Waals surface area (Å²) in [5, 5.41) is 0. The van der Waals surface area contributed by atoms with Gasteiger partial charge in [-0.2, -0.15) is 0 Å². The zero-order valence-corrected chi connectivity index (χ0v) is 14.0. The molecule has 1 heterocycles. The second-order valence-electron chi connectivity index (χ2n) is 6.70. The van der Waals surface area contributed by atoms with Gasteiger partial charge in [0.05, 0.1) is 11.3 Å². The van der Waals surface area contributed by atoms with E-state index in [1.54, 1.807) is 0 Å². The third-order valence-electron chi connectivity index (χ3n) is 5.13. The third-order valence-corrected chi connectivity index (χ3v) is 5.13. The second-order valence-corrected chi connectivity index (χ2v) is 6.70. The summed E-state index contributed by atoms with van der Waals surface area (Å²) in [6.45, 7) is -0.708. The van der Waals surface area contributed by atoms with Crippen molar-refractivity contribution in [2.75, 3.05) is 18.6 Å². The van der Waals surface area contributed by atoms with Gasteiger partial charge in [0, 0.05) is 25.9 Å². The summed E-state index contributed by atoms with van der Waals surface area (Å²) >= 11 is 0. The minimum absolute atomic E-state index is 0.109. The van der Waals surface area contributed by atoms with Crippen molar-refractivity contribution in [2.24, 2.45) is 11.7 Å². The topological polar surface area (TPSA) is 72.6 Å². The molecule has 1 aliphatic carbocycles. The molecule has 1 saturated carbocycles. The Hall–Kier alpha value is -2.16. The lowest BCUT2D eigenvalue weighted by atomic mass is 9.72. The van der Waals surface area contributed by atoms with Crippen LogP contribution < -0.4 is 10.6 Å². The number of alkyl halides is 2. The number of primary amides is 1. The van der Waals surface area contributed by atoms with E-state index >= 15 is 0 Å². The van der Waals surface area contributed by atoms with Crippen LogP contribution in [0.2, 0.25) is 0 Å². The molecule has 0 unspecified atom stereocenters. The van der Waals surface area contributed by atoms with E-state index in [9.17, 15) is 27.2 Å². The second kappa shape index (κ2) is 6.22. The highest BCUT2D eigenvalue weighted by Gasteiger charge is 2.61. The molecule has 3 rings (SSSR count). The van der Waals surface area contributed by atoms with Crippen LogP contribution >= 0.6 is 0 Å². The average Bonchev–Trinajstić information content (AvgIpc) is 2.80. The maximum absolute atomic E-state index is 14.7. The molecular weight excluding hydrogens is 356 g/mol. The summed E-state index contributed by atoms with van der Waals surface area (Å²) in [6, 6.07) is 1.61.